The normalized spacial score (nSPS) is 24.7. The SMILES string of the molecule is Cc1nnc(N(C)C2CCC(N)CC2)nc1C. The highest BCUT2D eigenvalue weighted by Gasteiger charge is 2.23. The minimum atomic E-state index is 0.374. The fourth-order valence-electron chi connectivity index (χ4n) is 2.25. The Kier molecular flexibility index (Phi) is 3.57. The van der Waals surface area contributed by atoms with Crippen molar-refractivity contribution in [2.24, 2.45) is 5.73 Å². The molecule has 1 aromatic rings. The maximum atomic E-state index is 5.92. The van der Waals surface area contributed by atoms with E-state index in [1.807, 2.05) is 20.9 Å². The molecule has 0 aromatic carbocycles. The van der Waals surface area contributed by atoms with Crippen molar-refractivity contribution in [3.8, 4) is 0 Å². The van der Waals surface area contributed by atoms with Crippen LogP contribution in [0.2, 0.25) is 0 Å². The predicted molar refractivity (Wildman–Crippen MR) is 67.9 cm³/mol. The van der Waals surface area contributed by atoms with Crippen molar-refractivity contribution in [1.82, 2.24) is 15.2 Å². The molecule has 1 aromatic heterocycles. The first-order valence-electron chi connectivity index (χ1n) is 6.24. The number of nitrogens with two attached hydrogens (primary N) is 1. The van der Waals surface area contributed by atoms with Crippen molar-refractivity contribution in [2.75, 3.05) is 11.9 Å². The van der Waals surface area contributed by atoms with E-state index in [9.17, 15) is 0 Å². The lowest BCUT2D eigenvalue weighted by Gasteiger charge is -2.33. The van der Waals surface area contributed by atoms with Gasteiger partial charge in [0.2, 0.25) is 5.95 Å². The zero-order valence-corrected chi connectivity index (χ0v) is 10.8. The fourth-order valence-corrected chi connectivity index (χ4v) is 2.25. The third-order valence-corrected chi connectivity index (χ3v) is 3.69. The van der Waals surface area contributed by atoms with Gasteiger partial charge < -0.3 is 10.6 Å². The number of hydrogen-bond donors (Lipinski definition) is 1. The molecule has 0 atom stereocenters. The zero-order chi connectivity index (χ0) is 12.4. The Bertz CT molecular complexity index is 384. The van der Waals surface area contributed by atoms with Crippen molar-refractivity contribution in [1.29, 1.82) is 0 Å². The molecule has 0 bridgehead atoms. The van der Waals surface area contributed by atoms with Crippen LogP contribution in [-0.4, -0.2) is 34.3 Å². The summed E-state index contributed by atoms with van der Waals surface area (Å²) < 4.78 is 0. The number of aryl methyl sites for hydroxylation is 2. The van der Waals surface area contributed by atoms with Gasteiger partial charge in [-0.05, 0) is 39.5 Å². The van der Waals surface area contributed by atoms with Crippen molar-refractivity contribution in [2.45, 2.75) is 51.6 Å². The molecule has 0 radical (unpaired) electrons. The van der Waals surface area contributed by atoms with Crippen LogP contribution in [0.25, 0.3) is 0 Å². The summed E-state index contributed by atoms with van der Waals surface area (Å²) in [4.78, 5) is 6.63. The summed E-state index contributed by atoms with van der Waals surface area (Å²) in [5.41, 5.74) is 7.77. The van der Waals surface area contributed by atoms with Crippen LogP contribution in [0.4, 0.5) is 5.95 Å². The molecule has 94 valence electrons. The molecule has 0 amide bonds. The van der Waals surface area contributed by atoms with Gasteiger partial charge in [-0.1, -0.05) is 0 Å². The summed E-state index contributed by atoms with van der Waals surface area (Å²) in [6.07, 6.45) is 4.42. The smallest absolute Gasteiger partial charge is 0.245 e. The van der Waals surface area contributed by atoms with Crippen molar-refractivity contribution in [3.05, 3.63) is 11.4 Å². The molecule has 5 nitrogen and oxygen atoms in total. The van der Waals surface area contributed by atoms with E-state index in [2.05, 4.69) is 20.1 Å². The summed E-state index contributed by atoms with van der Waals surface area (Å²) in [7, 11) is 2.05. The molecule has 1 saturated carbocycles. The molecular formula is C12H21N5. The van der Waals surface area contributed by atoms with Gasteiger partial charge in [-0.25, -0.2) is 4.98 Å². The largest absolute Gasteiger partial charge is 0.340 e. The van der Waals surface area contributed by atoms with Crippen LogP contribution in [0.3, 0.4) is 0 Å². The van der Waals surface area contributed by atoms with Gasteiger partial charge in [0.25, 0.3) is 0 Å². The van der Waals surface area contributed by atoms with E-state index < -0.39 is 0 Å². The Morgan fingerprint density at radius 1 is 1.06 bits per heavy atom. The molecule has 1 fully saturated rings. The van der Waals surface area contributed by atoms with Crippen LogP contribution in [0, 0.1) is 13.8 Å². The van der Waals surface area contributed by atoms with E-state index in [-0.39, 0.29) is 0 Å². The first-order valence-corrected chi connectivity index (χ1v) is 6.24. The number of nitrogens with zero attached hydrogens (tertiary/aromatic N) is 4. The molecular weight excluding hydrogens is 214 g/mol. The van der Waals surface area contributed by atoms with Crippen LogP contribution >= 0.6 is 0 Å². The highest BCUT2D eigenvalue weighted by molar-refractivity contribution is 5.30. The fraction of sp³-hybridized carbons (Fsp3) is 0.750. The van der Waals surface area contributed by atoms with Crippen LogP contribution in [-0.2, 0) is 0 Å². The molecule has 5 heteroatoms. The molecule has 1 aliphatic rings. The van der Waals surface area contributed by atoms with Gasteiger partial charge in [-0.2, -0.15) is 5.10 Å². The highest BCUT2D eigenvalue weighted by atomic mass is 15.3. The van der Waals surface area contributed by atoms with Crippen molar-refractivity contribution < 1.29 is 0 Å². The topological polar surface area (TPSA) is 67.9 Å². The lowest BCUT2D eigenvalue weighted by atomic mass is 9.91. The summed E-state index contributed by atoms with van der Waals surface area (Å²) in [5.74, 6) is 0.730. The van der Waals surface area contributed by atoms with E-state index in [4.69, 9.17) is 5.73 Å². The summed E-state index contributed by atoms with van der Waals surface area (Å²) >= 11 is 0. The average molecular weight is 235 g/mol. The molecule has 0 aliphatic heterocycles. The molecule has 0 spiro atoms. The van der Waals surface area contributed by atoms with Crippen LogP contribution < -0.4 is 10.6 Å². The van der Waals surface area contributed by atoms with Gasteiger partial charge in [-0.15, -0.1) is 5.10 Å². The van der Waals surface area contributed by atoms with E-state index >= 15 is 0 Å². The maximum absolute atomic E-state index is 5.92. The lowest BCUT2D eigenvalue weighted by Crippen LogP contribution is -2.39. The molecule has 2 rings (SSSR count). The molecule has 0 unspecified atom stereocenters. The molecule has 1 aliphatic carbocycles. The number of anilines is 1. The predicted octanol–water partition coefficient (Wildman–Crippen LogP) is 1.19. The third kappa shape index (κ3) is 2.72. The number of hydrogen-bond acceptors (Lipinski definition) is 5. The van der Waals surface area contributed by atoms with E-state index in [0.29, 0.717) is 12.1 Å². The highest BCUT2D eigenvalue weighted by Crippen LogP contribution is 2.23. The Balaban J connectivity index is 2.08. The third-order valence-electron chi connectivity index (χ3n) is 3.69. The van der Waals surface area contributed by atoms with Crippen LogP contribution in [0.15, 0.2) is 0 Å². The Morgan fingerprint density at radius 3 is 2.29 bits per heavy atom. The lowest BCUT2D eigenvalue weighted by molar-refractivity contribution is 0.381. The number of aromatic nitrogens is 3. The van der Waals surface area contributed by atoms with E-state index in [0.717, 1.165) is 43.0 Å². The van der Waals surface area contributed by atoms with Crippen LogP contribution in [0.5, 0.6) is 0 Å². The first-order chi connectivity index (χ1) is 8.08. The van der Waals surface area contributed by atoms with E-state index in [1.54, 1.807) is 0 Å². The monoisotopic (exact) mass is 235 g/mol. The molecule has 2 N–H and O–H groups in total. The second-order valence-corrected chi connectivity index (χ2v) is 4.96. The number of rotatable bonds is 2. The summed E-state index contributed by atoms with van der Waals surface area (Å²) in [6, 6.07) is 0.872. The van der Waals surface area contributed by atoms with Crippen molar-refractivity contribution >= 4 is 5.95 Å². The Hall–Kier alpha value is -1.23. The second kappa shape index (κ2) is 4.96. The summed E-state index contributed by atoms with van der Waals surface area (Å²) in [5, 5.41) is 8.30. The van der Waals surface area contributed by atoms with E-state index in [1.165, 1.54) is 0 Å². The molecule has 0 saturated heterocycles. The van der Waals surface area contributed by atoms with Gasteiger partial charge in [0.05, 0.1) is 11.4 Å². The average Bonchev–Trinajstić information content (AvgIpc) is 2.33. The standard InChI is InChI=1S/C12H21N5/c1-8-9(2)15-16-12(14-8)17(3)11-6-4-10(13)5-7-11/h10-11H,4-7,13H2,1-3H3. The minimum absolute atomic E-state index is 0.374. The van der Waals surface area contributed by atoms with Crippen LogP contribution in [0.1, 0.15) is 37.1 Å². The second-order valence-electron chi connectivity index (χ2n) is 4.96. The van der Waals surface area contributed by atoms with Crippen molar-refractivity contribution in [3.63, 3.8) is 0 Å². The Labute approximate surface area is 102 Å². The quantitative estimate of drug-likeness (QED) is 0.834. The van der Waals surface area contributed by atoms with Gasteiger partial charge in [-0.3, -0.25) is 0 Å². The summed E-state index contributed by atoms with van der Waals surface area (Å²) in [6.45, 7) is 3.90. The minimum Gasteiger partial charge on any atom is -0.340 e. The van der Waals surface area contributed by atoms with Gasteiger partial charge in [0.1, 0.15) is 0 Å². The molecule has 17 heavy (non-hydrogen) atoms. The zero-order valence-electron chi connectivity index (χ0n) is 10.8. The maximum Gasteiger partial charge on any atom is 0.245 e. The van der Waals surface area contributed by atoms with Gasteiger partial charge in [0.15, 0.2) is 0 Å². The first kappa shape index (κ1) is 12.2. The van der Waals surface area contributed by atoms with Gasteiger partial charge in [0, 0.05) is 19.1 Å². The Morgan fingerprint density at radius 2 is 1.71 bits per heavy atom. The van der Waals surface area contributed by atoms with Gasteiger partial charge >= 0.3 is 0 Å². The molecule has 1 heterocycles.